The van der Waals surface area contributed by atoms with Crippen LogP contribution >= 0.6 is 0 Å². The summed E-state index contributed by atoms with van der Waals surface area (Å²) in [5, 5.41) is 0. The zero-order chi connectivity index (χ0) is 11.3. The second-order valence-corrected chi connectivity index (χ2v) is 4.55. The smallest absolute Gasteiger partial charge is 0.118 e. The Kier molecular flexibility index (Phi) is 4.10. The molecule has 0 amide bonds. The molecule has 1 heteroatoms. The summed E-state index contributed by atoms with van der Waals surface area (Å²) in [5.41, 5.74) is 1.41. The van der Waals surface area contributed by atoms with Gasteiger partial charge in [-0.15, -0.1) is 6.58 Å². The molecule has 1 atom stereocenters. The Balaban J connectivity index is 2.98. The highest BCUT2D eigenvalue weighted by Crippen LogP contribution is 2.28. The maximum Gasteiger partial charge on any atom is 0.118 e. The van der Waals surface area contributed by atoms with Crippen LogP contribution in [-0.2, 0) is 0 Å². The molecule has 1 unspecified atom stereocenters. The van der Waals surface area contributed by atoms with Gasteiger partial charge in [0.25, 0.3) is 0 Å². The molecule has 0 spiro atoms. The van der Waals surface area contributed by atoms with E-state index in [1.54, 1.807) is 0 Å². The van der Waals surface area contributed by atoms with Gasteiger partial charge in [0.15, 0.2) is 0 Å². The molecule has 0 saturated heterocycles. The van der Waals surface area contributed by atoms with E-state index < -0.39 is 0 Å². The Morgan fingerprint density at radius 2 is 1.87 bits per heavy atom. The average Bonchev–Trinajstić information content (AvgIpc) is 2.27. The minimum atomic E-state index is 0.522. The summed E-state index contributed by atoms with van der Waals surface area (Å²) >= 11 is 0. The molecule has 0 aromatic heterocycles. The van der Waals surface area contributed by atoms with E-state index in [0.29, 0.717) is 6.04 Å². The molecule has 1 nitrogen and oxygen atoms in total. The van der Waals surface area contributed by atoms with Crippen molar-refractivity contribution in [1.29, 1.82) is 0 Å². The van der Waals surface area contributed by atoms with Crippen LogP contribution in [0.15, 0.2) is 43.0 Å². The van der Waals surface area contributed by atoms with Crippen molar-refractivity contribution in [2.24, 2.45) is 0 Å². The lowest BCUT2D eigenvalue weighted by atomic mass is 10.0. The molecule has 0 fully saturated rings. The third-order valence-electron chi connectivity index (χ3n) is 3.23. The molecular formula is C14H22N+. The van der Waals surface area contributed by atoms with Gasteiger partial charge in [0.05, 0.1) is 20.6 Å². The lowest BCUT2D eigenvalue weighted by molar-refractivity contribution is -0.919. The maximum atomic E-state index is 3.86. The van der Waals surface area contributed by atoms with Gasteiger partial charge in [-0.3, -0.25) is 0 Å². The van der Waals surface area contributed by atoms with Crippen molar-refractivity contribution in [3.63, 3.8) is 0 Å². The Bertz CT molecular complexity index is 300. The highest BCUT2D eigenvalue weighted by atomic mass is 15.3. The van der Waals surface area contributed by atoms with Crippen LogP contribution in [0.3, 0.4) is 0 Å². The molecule has 0 aliphatic carbocycles. The molecule has 1 rings (SSSR count). The van der Waals surface area contributed by atoms with Crippen LogP contribution in [0.2, 0.25) is 0 Å². The van der Waals surface area contributed by atoms with Crippen molar-refractivity contribution in [3.8, 4) is 0 Å². The molecule has 1 aromatic carbocycles. The summed E-state index contributed by atoms with van der Waals surface area (Å²) in [6.45, 7) is 7.23. The Labute approximate surface area is 93.6 Å². The molecule has 0 heterocycles. The zero-order valence-electron chi connectivity index (χ0n) is 10.1. The summed E-state index contributed by atoms with van der Waals surface area (Å²) in [5.74, 6) is 0. The molecule has 82 valence electrons. The van der Waals surface area contributed by atoms with E-state index >= 15 is 0 Å². The molecule has 0 N–H and O–H groups in total. The SMILES string of the molecule is C=CCC(c1ccccc1)[N+](C)(C)CC. The predicted molar refractivity (Wildman–Crippen MR) is 66.6 cm³/mol. The highest BCUT2D eigenvalue weighted by Gasteiger charge is 2.26. The normalized spacial score (nSPS) is 13.5. The first kappa shape index (κ1) is 12.0. The van der Waals surface area contributed by atoms with Gasteiger partial charge in [-0.25, -0.2) is 0 Å². The van der Waals surface area contributed by atoms with Gasteiger partial charge in [-0.1, -0.05) is 36.4 Å². The third kappa shape index (κ3) is 2.93. The topological polar surface area (TPSA) is 0 Å². The second kappa shape index (κ2) is 5.13. The van der Waals surface area contributed by atoms with Crippen LogP contribution in [0.1, 0.15) is 24.9 Å². The number of benzene rings is 1. The molecule has 0 radical (unpaired) electrons. The van der Waals surface area contributed by atoms with Gasteiger partial charge in [0, 0.05) is 12.0 Å². The molecule has 0 bridgehead atoms. The van der Waals surface area contributed by atoms with E-state index in [0.717, 1.165) is 17.4 Å². The van der Waals surface area contributed by atoms with Crippen molar-refractivity contribution in [2.45, 2.75) is 19.4 Å². The monoisotopic (exact) mass is 204 g/mol. The van der Waals surface area contributed by atoms with Crippen molar-refractivity contribution in [2.75, 3.05) is 20.6 Å². The van der Waals surface area contributed by atoms with Crippen LogP contribution in [-0.4, -0.2) is 25.1 Å². The van der Waals surface area contributed by atoms with Gasteiger partial charge in [0.2, 0.25) is 0 Å². The van der Waals surface area contributed by atoms with Gasteiger partial charge in [-0.05, 0) is 6.92 Å². The highest BCUT2D eigenvalue weighted by molar-refractivity contribution is 5.18. The van der Waals surface area contributed by atoms with E-state index in [4.69, 9.17) is 0 Å². The number of quaternary nitrogens is 1. The Morgan fingerprint density at radius 3 is 2.33 bits per heavy atom. The lowest BCUT2D eigenvalue weighted by Crippen LogP contribution is -2.42. The number of hydrogen-bond donors (Lipinski definition) is 0. The van der Waals surface area contributed by atoms with Crippen LogP contribution in [0.5, 0.6) is 0 Å². The second-order valence-electron chi connectivity index (χ2n) is 4.55. The summed E-state index contributed by atoms with van der Waals surface area (Å²) in [7, 11) is 4.56. The summed E-state index contributed by atoms with van der Waals surface area (Å²) in [6, 6.07) is 11.2. The van der Waals surface area contributed by atoms with Crippen LogP contribution in [0.4, 0.5) is 0 Å². The fourth-order valence-corrected chi connectivity index (χ4v) is 1.88. The molecule has 0 aliphatic rings. The quantitative estimate of drug-likeness (QED) is 0.509. The fraction of sp³-hybridized carbons (Fsp3) is 0.429. The van der Waals surface area contributed by atoms with Crippen LogP contribution in [0.25, 0.3) is 0 Å². The van der Waals surface area contributed by atoms with Crippen LogP contribution in [0, 0.1) is 0 Å². The van der Waals surface area contributed by atoms with E-state index in [2.05, 4.69) is 57.9 Å². The Morgan fingerprint density at radius 1 is 1.27 bits per heavy atom. The summed E-state index contributed by atoms with van der Waals surface area (Å²) in [6.07, 6.45) is 3.05. The first-order chi connectivity index (χ1) is 7.11. The van der Waals surface area contributed by atoms with Crippen molar-refractivity contribution < 1.29 is 4.48 Å². The average molecular weight is 204 g/mol. The minimum Gasteiger partial charge on any atom is -0.322 e. The van der Waals surface area contributed by atoms with Crippen molar-refractivity contribution in [1.82, 2.24) is 0 Å². The van der Waals surface area contributed by atoms with Gasteiger partial charge in [-0.2, -0.15) is 0 Å². The fourth-order valence-electron chi connectivity index (χ4n) is 1.88. The predicted octanol–water partition coefficient (Wildman–Crippen LogP) is 3.40. The lowest BCUT2D eigenvalue weighted by Gasteiger charge is -2.37. The van der Waals surface area contributed by atoms with Crippen LogP contribution < -0.4 is 0 Å². The van der Waals surface area contributed by atoms with E-state index in [1.165, 1.54) is 5.56 Å². The van der Waals surface area contributed by atoms with Crippen molar-refractivity contribution in [3.05, 3.63) is 48.6 Å². The first-order valence-electron chi connectivity index (χ1n) is 5.60. The number of rotatable bonds is 5. The van der Waals surface area contributed by atoms with Gasteiger partial charge >= 0.3 is 0 Å². The number of nitrogens with zero attached hydrogens (tertiary/aromatic N) is 1. The zero-order valence-corrected chi connectivity index (χ0v) is 10.1. The molecule has 1 aromatic rings. The van der Waals surface area contributed by atoms with Gasteiger partial charge < -0.3 is 4.48 Å². The maximum absolute atomic E-state index is 3.86. The first-order valence-corrected chi connectivity index (χ1v) is 5.60. The summed E-state index contributed by atoms with van der Waals surface area (Å²) < 4.78 is 1.01. The standard InChI is InChI=1S/C14H22N/c1-5-10-14(15(3,4)6-2)13-11-8-7-9-12-13/h5,7-9,11-12,14H,1,6,10H2,2-4H3/q+1. The van der Waals surface area contributed by atoms with E-state index in [-0.39, 0.29) is 0 Å². The van der Waals surface area contributed by atoms with E-state index in [1.807, 2.05) is 6.08 Å². The third-order valence-corrected chi connectivity index (χ3v) is 3.23. The molecule has 0 saturated carbocycles. The summed E-state index contributed by atoms with van der Waals surface area (Å²) in [4.78, 5) is 0. The van der Waals surface area contributed by atoms with E-state index in [9.17, 15) is 0 Å². The molecule has 15 heavy (non-hydrogen) atoms. The molecule has 0 aliphatic heterocycles. The molecular weight excluding hydrogens is 182 g/mol. The minimum absolute atomic E-state index is 0.522. The van der Waals surface area contributed by atoms with Crippen molar-refractivity contribution >= 4 is 0 Å². The Hall–Kier alpha value is -1.08. The largest absolute Gasteiger partial charge is 0.322 e. The number of hydrogen-bond acceptors (Lipinski definition) is 0. The van der Waals surface area contributed by atoms with Gasteiger partial charge in [0.1, 0.15) is 6.04 Å².